The fourth-order valence-electron chi connectivity index (χ4n) is 1.86. The summed E-state index contributed by atoms with van der Waals surface area (Å²) in [5.74, 6) is 0.551. The molecule has 2 rings (SSSR count). The summed E-state index contributed by atoms with van der Waals surface area (Å²) in [6, 6.07) is 6.56. The first-order valence-corrected chi connectivity index (χ1v) is 6.79. The summed E-state index contributed by atoms with van der Waals surface area (Å²) in [4.78, 5) is 7.92. The van der Waals surface area contributed by atoms with E-state index >= 15 is 0 Å². The van der Waals surface area contributed by atoms with Crippen molar-refractivity contribution in [2.75, 3.05) is 11.9 Å². The minimum absolute atomic E-state index is 0.0252. The summed E-state index contributed by atoms with van der Waals surface area (Å²) in [5, 5.41) is 11.9. The van der Waals surface area contributed by atoms with Crippen LogP contribution in [0.4, 0.5) is 14.6 Å². The molecule has 0 radical (unpaired) electrons. The first kappa shape index (κ1) is 16.4. The molecule has 8 heteroatoms. The zero-order valence-corrected chi connectivity index (χ0v) is 12.3. The van der Waals surface area contributed by atoms with Gasteiger partial charge in [-0.3, -0.25) is 0 Å². The van der Waals surface area contributed by atoms with Gasteiger partial charge in [0.1, 0.15) is 6.07 Å². The van der Waals surface area contributed by atoms with Crippen LogP contribution in [0.3, 0.4) is 0 Å². The van der Waals surface area contributed by atoms with E-state index in [9.17, 15) is 8.78 Å². The topological polar surface area (TPSA) is 80.1 Å². The number of rotatable bonds is 7. The minimum atomic E-state index is -2.92. The van der Waals surface area contributed by atoms with E-state index in [1.807, 2.05) is 6.07 Å². The molecule has 0 aliphatic carbocycles. The molecule has 1 heterocycles. The molecule has 2 aromatic rings. The van der Waals surface area contributed by atoms with Crippen LogP contribution in [0.1, 0.15) is 18.2 Å². The highest BCUT2D eigenvalue weighted by molar-refractivity contribution is 5.48. The molecule has 0 aliphatic heterocycles. The zero-order valence-electron chi connectivity index (χ0n) is 12.3. The van der Waals surface area contributed by atoms with Gasteiger partial charge in [-0.15, -0.1) is 0 Å². The van der Waals surface area contributed by atoms with Crippen LogP contribution in [0.15, 0.2) is 30.6 Å². The van der Waals surface area contributed by atoms with Gasteiger partial charge in [-0.2, -0.15) is 14.0 Å². The van der Waals surface area contributed by atoms with Crippen LogP contribution in [0.5, 0.6) is 11.5 Å². The van der Waals surface area contributed by atoms with Gasteiger partial charge in [0.2, 0.25) is 0 Å². The summed E-state index contributed by atoms with van der Waals surface area (Å²) < 4.78 is 34.4. The Hall–Kier alpha value is -2.95. The maximum atomic E-state index is 12.4. The van der Waals surface area contributed by atoms with Gasteiger partial charge < -0.3 is 14.8 Å². The van der Waals surface area contributed by atoms with Gasteiger partial charge in [-0.1, -0.05) is 6.07 Å². The van der Waals surface area contributed by atoms with E-state index in [0.717, 1.165) is 5.56 Å². The van der Waals surface area contributed by atoms with E-state index in [-0.39, 0.29) is 17.2 Å². The van der Waals surface area contributed by atoms with Crippen molar-refractivity contribution in [2.45, 2.75) is 20.1 Å². The van der Waals surface area contributed by atoms with Gasteiger partial charge in [0.15, 0.2) is 23.0 Å². The number of aromatic nitrogens is 2. The van der Waals surface area contributed by atoms with Gasteiger partial charge in [-0.05, 0) is 24.6 Å². The van der Waals surface area contributed by atoms with Crippen molar-refractivity contribution in [3.8, 4) is 17.6 Å². The minimum Gasteiger partial charge on any atom is -0.490 e. The van der Waals surface area contributed by atoms with E-state index in [2.05, 4.69) is 20.0 Å². The molecule has 1 aromatic carbocycles. The second-order valence-corrected chi connectivity index (χ2v) is 4.31. The Labute approximate surface area is 131 Å². The molecule has 0 unspecified atom stereocenters. The molecule has 23 heavy (non-hydrogen) atoms. The van der Waals surface area contributed by atoms with E-state index in [4.69, 9.17) is 10.00 Å². The molecule has 0 saturated carbocycles. The molecule has 0 spiro atoms. The Balaban J connectivity index is 2.14. The molecule has 120 valence electrons. The number of anilines is 1. The largest absolute Gasteiger partial charge is 0.490 e. The van der Waals surface area contributed by atoms with E-state index in [0.29, 0.717) is 19.0 Å². The first-order valence-electron chi connectivity index (χ1n) is 6.79. The quantitative estimate of drug-likeness (QED) is 0.845. The Morgan fingerprint density at radius 1 is 1.26 bits per heavy atom. The fourth-order valence-corrected chi connectivity index (χ4v) is 1.86. The van der Waals surface area contributed by atoms with Crippen LogP contribution < -0.4 is 14.8 Å². The van der Waals surface area contributed by atoms with Gasteiger partial charge in [0.05, 0.1) is 6.61 Å². The zero-order chi connectivity index (χ0) is 16.7. The summed E-state index contributed by atoms with van der Waals surface area (Å²) in [6.07, 6.45) is 2.89. The average Bonchev–Trinajstić information content (AvgIpc) is 2.55. The molecule has 0 saturated heterocycles. The number of ether oxygens (including phenoxy) is 2. The second kappa shape index (κ2) is 7.89. The number of benzene rings is 1. The number of nitrogens with zero attached hydrogens (tertiary/aromatic N) is 3. The van der Waals surface area contributed by atoms with Crippen molar-refractivity contribution in [3.63, 3.8) is 0 Å². The summed E-state index contributed by atoms with van der Waals surface area (Å²) in [7, 11) is 0. The van der Waals surface area contributed by atoms with E-state index < -0.39 is 6.61 Å². The molecule has 0 fully saturated rings. The van der Waals surface area contributed by atoms with Crippen LogP contribution in [0.2, 0.25) is 0 Å². The van der Waals surface area contributed by atoms with E-state index in [1.54, 1.807) is 19.1 Å². The van der Waals surface area contributed by atoms with E-state index in [1.165, 1.54) is 18.5 Å². The molecule has 0 bridgehead atoms. The molecule has 6 nitrogen and oxygen atoms in total. The highest BCUT2D eigenvalue weighted by atomic mass is 19.3. The number of nitrogens with one attached hydrogen (secondary N) is 1. The highest BCUT2D eigenvalue weighted by Gasteiger charge is 2.12. The molecule has 0 aliphatic rings. The molecule has 1 aromatic heterocycles. The predicted molar refractivity (Wildman–Crippen MR) is 78.3 cm³/mol. The third kappa shape index (κ3) is 4.51. The maximum absolute atomic E-state index is 12.4. The number of hydrogen-bond donors (Lipinski definition) is 1. The number of nitriles is 1. The lowest BCUT2D eigenvalue weighted by molar-refractivity contribution is -0.0514. The van der Waals surface area contributed by atoms with Gasteiger partial charge >= 0.3 is 6.61 Å². The maximum Gasteiger partial charge on any atom is 0.387 e. The highest BCUT2D eigenvalue weighted by Crippen LogP contribution is 2.30. The normalized spacial score (nSPS) is 10.2. The van der Waals surface area contributed by atoms with Crippen molar-refractivity contribution in [1.29, 1.82) is 5.26 Å². The molecular weight excluding hydrogens is 306 g/mol. The third-order valence-corrected chi connectivity index (χ3v) is 2.79. The Kier molecular flexibility index (Phi) is 5.63. The summed E-state index contributed by atoms with van der Waals surface area (Å²) >= 11 is 0. The fraction of sp³-hybridized carbons (Fsp3) is 0.267. The van der Waals surface area contributed by atoms with Crippen LogP contribution >= 0.6 is 0 Å². The monoisotopic (exact) mass is 320 g/mol. The van der Waals surface area contributed by atoms with Gasteiger partial charge in [0, 0.05) is 18.9 Å². The Bertz CT molecular complexity index is 704. The number of halogens is 2. The van der Waals surface area contributed by atoms with Crippen molar-refractivity contribution in [3.05, 3.63) is 41.9 Å². The molecular formula is C15H14F2N4O2. The second-order valence-electron chi connectivity index (χ2n) is 4.31. The average molecular weight is 320 g/mol. The first-order chi connectivity index (χ1) is 11.1. The van der Waals surface area contributed by atoms with Crippen LogP contribution in [0.25, 0.3) is 0 Å². The summed E-state index contributed by atoms with van der Waals surface area (Å²) in [5.41, 5.74) is 0.930. The number of hydrogen-bond acceptors (Lipinski definition) is 6. The lowest BCUT2D eigenvalue weighted by atomic mass is 10.2. The lowest BCUT2D eigenvalue weighted by Gasteiger charge is -2.13. The van der Waals surface area contributed by atoms with Crippen molar-refractivity contribution >= 4 is 5.82 Å². The van der Waals surface area contributed by atoms with Crippen molar-refractivity contribution < 1.29 is 18.3 Å². The Morgan fingerprint density at radius 2 is 2.04 bits per heavy atom. The standard InChI is InChI=1S/C15H14F2N4O2/c1-2-22-13-7-10(3-4-12(13)23-15(16)17)9-21-14-11(8-18)19-5-6-20-14/h3-7,15H,2,9H2,1H3,(H,20,21). The SMILES string of the molecule is CCOc1cc(CNc2nccnc2C#N)ccc1OC(F)F. The van der Waals surface area contributed by atoms with Crippen LogP contribution in [-0.2, 0) is 6.54 Å². The van der Waals surface area contributed by atoms with Gasteiger partial charge in [-0.25, -0.2) is 9.97 Å². The summed E-state index contributed by atoms with van der Waals surface area (Å²) in [6.45, 7) is -0.534. The van der Waals surface area contributed by atoms with Crippen molar-refractivity contribution in [1.82, 2.24) is 9.97 Å². The van der Waals surface area contributed by atoms with Crippen LogP contribution in [-0.4, -0.2) is 23.2 Å². The smallest absolute Gasteiger partial charge is 0.387 e. The van der Waals surface area contributed by atoms with Crippen LogP contribution in [0, 0.1) is 11.3 Å². The lowest BCUT2D eigenvalue weighted by Crippen LogP contribution is -2.07. The van der Waals surface area contributed by atoms with Gasteiger partial charge in [0.25, 0.3) is 0 Å². The molecule has 1 N–H and O–H groups in total. The predicted octanol–water partition coefficient (Wildman–Crippen LogP) is 2.96. The number of alkyl halides is 2. The molecule has 0 atom stereocenters. The third-order valence-electron chi connectivity index (χ3n) is 2.79. The van der Waals surface area contributed by atoms with Crippen molar-refractivity contribution in [2.24, 2.45) is 0 Å². The molecule has 0 amide bonds. The Morgan fingerprint density at radius 3 is 2.74 bits per heavy atom.